The maximum absolute atomic E-state index is 11.5. The molecule has 0 bridgehead atoms. The van der Waals surface area contributed by atoms with Crippen LogP contribution in [0, 0.1) is 5.92 Å². The van der Waals surface area contributed by atoms with E-state index in [0.717, 1.165) is 43.1 Å². The molecule has 0 spiro atoms. The Bertz CT molecular complexity index is 603. The summed E-state index contributed by atoms with van der Waals surface area (Å²) in [6.45, 7) is 6.42. The molecule has 2 heterocycles. The Kier molecular flexibility index (Phi) is 7.03. The first-order valence-corrected chi connectivity index (χ1v) is 9.00. The fraction of sp³-hybridized carbons (Fsp3) is 0.611. The third kappa shape index (κ3) is 5.34. The van der Waals surface area contributed by atoms with Gasteiger partial charge >= 0.3 is 0 Å². The lowest BCUT2D eigenvalue weighted by atomic mass is 9.97. The molecule has 7 nitrogen and oxygen atoms in total. The molecule has 7 heteroatoms. The molecule has 4 N–H and O–H groups in total. The van der Waals surface area contributed by atoms with Gasteiger partial charge < -0.3 is 21.3 Å². The Morgan fingerprint density at radius 1 is 1.56 bits per heavy atom. The molecule has 1 aromatic heterocycles. The summed E-state index contributed by atoms with van der Waals surface area (Å²) in [7, 11) is 1.77. The zero-order valence-corrected chi connectivity index (χ0v) is 15.5. The average molecular weight is 346 g/mol. The van der Waals surface area contributed by atoms with Gasteiger partial charge in [-0.15, -0.1) is 0 Å². The van der Waals surface area contributed by atoms with Crippen molar-refractivity contribution >= 4 is 17.7 Å². The lowest BCUT2D eigenvalue weighted by Crippen LogP contribution is -2.43. The molecule has 1 fully saturated rings. The first-order chi connectivity index (χ1) is 12.0. The van der Waals surface area contributed by atoms with Gasteiger partial charge in [-0.1, -0.05) is 13.0 Å². The molecule has 1 aliphatic heterocycles. The Balaban J connectivity index is 2.06. The Morgan fingerprint density at radius 3 is 3.04 bits per heavy atom. The number of hydrogen-bond acceptors (Lipinski definition) is 4. The van der Waals surface area contributed by atoms with Crippen LogP contribution in [0.5, 0.6) is 0 Å². The highest BCUT2D eigenvalue weighted by Crippen LogP contribution is 2.24. The molecule has 1 aromatic rings. The second kappa shape index (κ2) is 9.25. The van der Waals surface area contributed by atoms with Crippen molar-refractivity contribution in [2.24, 2.45) is 16.6 Å². The number of amides is 1. The molecule has 2 atom stereocenters. The molecular weight excluding hydrogens is 316 g/mol. The number of guanidine groups is 1. The van der Waals surface area contributed by atoms with Crippen LogP contribution in [-0.4, -0.2) is 43.0 Å². The van der Waals surface area contributed by atoms with Crippen LogP contribution in [0.3, 0.4) is 0 Å². The van der Waals surface area contributed by atoms with E-state index in [1.165, 1.54) is 0 Å². The highest BCUT2D eigenvalue weighted by Gasteiger charge is 2.25. The monoisotopic (exact) mass is 346 g/mol. The van der Waals surface area contributed by atoms with Gasteiger partial charge in [-0.05, 0) is 32.3 Å². The van der Waals surface area contributed by atoms with Crippen molar-refractivity contribution in [2.45, 2.75) is 45.7 Å². The maximum atomic E-state index is 11.5. The number of nitrogens with zero attached hydrogens (tertiary/aromatic N) is 3. The molecule has 138 valence electrons. The highest BCUT2D eigenvalue weighted by atomic mass is 16.1. The zero-order chi connectivity index (χ0) is 18.2. The van der Waals surface area contributed by atoms with Gasteiger partial charge in [-0.2, -0.15) is 0 Å². The molecule has 0 radical (unpaired) electrons. The fourth-order valence-electron chi connectivity index (χ4n) is 2.96. The Hall–Kier alpha value is -2.31. The zero-order valence-electron chi connectivity index (χ0n) is 15.5. The SMILES string of the molecule is CCC(C)NC(=NC)NCc1cccnc1N1CCCC(C(N)=O)C1. The van der Waals surface area contributed by atoms with E-state index < -0.39 is 0 Å². The minimum Gasteiger partial charge on any atom is -0.369 e. The smallest absolute Gasteiger partial charge is 0.222 e. The first kappa shape index (κ1) is 19.0. The quantitative estimate of drug-likeness (QED) is 0.532. The summed E-state index contributed by atoms with van der Waals surface area (Å²) in [5.74, 6) is 1.37. The summed E-state index contributed by atoms with van der Waals surface area (Å²) >= 11 is 0. The van der Waals surface area contributed by atoms with Crippen molar-refractivity contribution in [3.05, 3.63) is 23.9 Å². The van der Waals surface area contributed by atoms with Gasteiger partial charge in [0.1, 0.15) is 5.82 Å². The van der Waals surface area contributed by atoms with Crippen molar-refractivity contribution in [2.75, 3.05) is 25.0 Å². The molecule has 25 heavy (non-hydrogen) atoms. The molecular formula is C18H30N6O. The van der Waals surface area contributed by atoms with E-state index in [-0.39, 0.29) is 11.8 Å². The van der Waals surface area contributed by atoms with Crippen molar-refractivity contribution in [3.8, 4) is 0 Å². The van der Waals surface area contributed by atoms with Gasteiger partial charge in [0, 0.05) is 44.5 Å². The number of aliphatic imine (C=N–C) groups is 1. The van der Waals surface area contributed by atoms with E-state index in [2.05, 4.69) is 45.4 Å². The third-order valence-corrected chi connectivity index (χ3v) is 4.66. The van der Waals surface area contributed by atoms with Crippen LogP contribution in [0.2, 0.25) is 0 Å². The van der Waals surface area contributed by atoms with Crippen molar-refractivity contribution in [1.82, 2.24) is 15.6 Å². The number of rotatable bonds is 6. The molecule has 1 amide bonds. The normalized spacial score (nSPS) is 19.4. The highest BCUT2D eigenvalue weighted by molar-refractivity contribution is 5.80. The predicted molar refractivity (Wildman–Crippen MR) is 101 cm³/mol. The molecule has 1 aliphatic rings. The Morgan fingerprint density at radius 2 is 2.36 bits per heavy atom. The molecule has 0 aliphatic carbocycles. The average Bonchev–Trinajstić information content (AvgIpc) is 2.65. The number of hydrogen-bond donors (Lipinski definition) is 3. The molecule has 0 saturated carbocycles. The Labute approximate surface area is 150 Å². The van der Waals surface area contributed by atoms with E-state index in [1.54, 1.807) is 13.2 Å². The first-order valence-electron chi connectivity index (χ1n) is 9.00. The lowest BCUT2D eigenvalue weighted by molar-refractivity contribution is -0.122. The molecule has 2 unspecified atom stereocenters. The second-order valence-corrected chi connectivity index (χ2v) is 6.55. The number of pyridine rings is 1. The number of primary amides is 1. The second-order valence-electron chi connectivity index (χ2n) is 6.55. The van der Waals surface area contributed by atoms with Crippen molar-refractivity contribution in [3.63, 3.8) is 0 Å². The number of anilines is 1. The van der Waals surface area contributed by atoms with E-state index in [1.807, 2.05) is 6.07 Å². The summed E-state index contributed by atoms with van der Waals surface area (Å²) < 4.78 is 0. The largest absolute Gasteiger partial charge is 0.369 e. The van der Waals surface area contributed by atoms with Crippen LogP contribution in [0.1, 0.15) is 38.7 Å². The minimum atomic E-state index is -0.224. The third-order valence-electron chi connectivity index (χ3n) is 4.66. The summed E-state index contributed by atoms with van der Waals surface area (Å²) in [5.41, 5.74) is 6.58. The summed E-state index contributed by atoms with van der Waals surface area (Å²) in [4.78, 5) is 22.5. The lowest BCUT2D eigenvalue weighted by Gasteiger charge is -2.33. The predicted octanol–water partition coefficient (Wildman–Crippen LogP) is 1.25. The van der Waals surface area contributed by atoms with Gasteiger partial charge in [0.2, 0.25) is 5.91 Å². The van der Waals surface area contributed by atoms with Gasteiger partial charge in [0.15, 0.2) is 5.96 Å². The van der Waals surface area contributed by atoms with Crippen molar-refractivity contribution in [1.29, 1.82) is 0 Å². The topological polar surface area (TPSA) is 95.6 Å². The van der Waals surface area contributed by atoms with Gasteiger partial charge in [0.25, 0.3) is 0 Å². The maximum Gasteiger partial charge on any atom is 0.222 e. The van der Waals surface area contributed by atoms with E-state index in [9.17, 15) is 4.79 Å². The van der Waals surface area contributed by atoms with E-state index in [0.29, 0.717) is 19.1 Å². The van der Waals surface area contributed by atoms with Crippen LogP contribution >= 0.6 is 0 Å². The van der Waals surface area contributed by atoms with Gasteiger partial charge in [0.05, 0.1) is 5.92 Å². The number of carbonyl (C=O) groups excluding carboxylic acids is 1. The summed E-state index contributed by atoms with van der Waals surface area (Å²) in [6, 6.07) is 4.35. The minimum absolute atomic E-state index is 0.101. The fourth-order valence-corrected chi connectivity index (χ4v) is 2.96. The van der Waals surface area contributed by atoms with Gasteiger partial charge in [-0.25, -0.2) is 4.98 Å². The van der Waals surface area contributed by atoms with Crippen LogP contribution in [0.15, 0.2) is 23.3 Å². The number of carbonyl (C=O) groups is 1. The van der Waals surface area contributed by atoms with Crippen LogP contribution < -0.4 is 21.3 Å². The van der Waals surface area contributed by atoms with Gasteiger partial charge in [-0.3, -0.25) is 9.79 Å². The molecule has 2 rings (SSSR count). The van der Waals surface area contributed by atoms with Crippen LogP contribution in [0.25, 0.3) is 0 Å². The molecule has 1 saturated heterocycles. The number of nitrogens with two attached hydrogens (primary N) is 1. The van der Waals surface area contributed by atoms with Crippen LogP contribution in [-0.2, 0) is 11.3 Å². The van der Waals surface area contributed by atoms with Crippen molar-refractivity contribution < 1.29 is 4.79 Å². The number of piperidine rings is 1. The number of nitrogens with one attached hydrogen (secondary N) is 2. The summed E-state index contributed by atoms with van der Waals surface area (Å²) in [5, 5.41) is 6.70. The number of aromatic nitrogens is 1. The summed E-state index contributed by atoms with van der Waals surface area (Å²) in [6.07, 6.45) is 4.63. The van der Waals surface area contributed by atoms with Crippen LogP contribution in [0.4, 0.5) is 5.82 Å². The van der Waals surface area contributed by atoms with E-state index in [4.69, 9.17) is 5.73 Å². The standard InChI is InChI=1S/C18H30N6O/c1-4-13(2)23-18(20-3)22-11-14-7-5-9-21-17(14)24-10-6-8-15(12-24)16(19)25/h5,7,9,13,15H,4,6,8,10-12H2,1-3H3,(H2,19,25)(H2,20,22,23). The molecule has 0 aromatic carbocycles. The van der Waals surface area contributed by atoms with E-state index >= 15 is 0 Å².